The second kappa shape index (κ2) is 5.85. The fourth-order valence-electron chi connectivity index (χ4n) is 2.43. The maximum atomic E-state index is 12.3. The molecule has 1 aliphatic rings. The minimum atomic E-state index is 0.0408. The summed E-state index contributed by atoms with van der Waals surface area (Å²) in [6, 6.07) is 6.26. The van der Waals surface area contributed by atoms with Gasteiger partial charge in [-0.05, 0) is 30.7 Å². The zero-order chi connectivity index (χ0) is 13.1. The molecule has 3 nitrogen and oxygen atoms in total. The zero-order valence-electron chi connectivity index (χ0n) is 10.9. The highest BCUT2D eigenvalue weighted by Gasteiger charge is 2.25. The summed E-state index contributed by atoms with van der Waals surface area (Å²) in [5, 5.41) is 3.06. The normalized spacial score (nSPS) is 16.3. The van der Waals surface area contributed by atoms with E-state index in [0.717, 1.165) is 30.5 Å². The van der Waals surface area contributed by atoms with Crippen LogP contribution in [0.2, 0.25) is 0 Å². The van der Waals surface area contributed by atoms with Gasteiger partial charge in [0.05, 0.1) is 0 Å². The van der Waals surface area contributed by atoms with Crippen LogP contribution in [-0.4, -0.2) is 30.9 Å². The molecule has 1 aromatic rings. The minimum Gasteiger partial charge on any atom is -0.338 e. The third kappa shape index (κ3) is 2.75. The van der Waals surface area contributed by atoms with Crippen molar-refractivity contribution in [1.29, 1.82) is 0 Å². The maximum Gasteiger partial charge on any atom is 0.226 e. The van der Waals surface area contributed by atoms with Crippen molar-refractivity contribution in [3.63, 3.8) is 0 Å². The number of nitrogens with zero attached hydrogens (tertiary/aromatic N) is 1. The lowest BCUT2D eigenvalue weighted by Crippen LogP contribution is -2.41. The lowest BCUT2D eigenvalue weighted by atomic mass is 9.98. The van der Waals surface area contributed by atoms with E-state index in [1.807, 2.05) is 24.9 Å². The summed E-state index contributed by atoms with van der Waals surface area (Å²) in [4.78, 5) is 14.2. The SMILES string of the molecule is CNCC(C)C(=O)N1CCc2cccc(Br)c2C1. The molecule has 18 heavy (non-hydrogen) atoms. The van der Waals surface area contributed by atoms with Crippen molar-refractivity contribution in [1.82, 2.24) is 10.2 Å². The fourth-order valence-corrected chi connectivity index (χ4v) is 2.97. The van der Waals surface area contributed by atoms with Crippen LogP contribution in [0, 0.1) is 5.92 Å². The van der Waals surface area contributed by atoms with E-state index < -0.39 is 0 Å². The van der Waals surface area contributed by atoms with Gasteiger partial charge in [0, 0.05) is 30.0 Å². The molecule has 0 fully saturated rings. The number of hydrogen-bond donors (Lipinski definition) is 1. The molecule has 0 aliphatic carbocycles. The Morgan fingerprint density at radius 1 is 1.56 bits per heavy atom. The molecule has 4 heteroatoms. The van der Waals surface area contributed by atoms with E-state index in [0.29, 0.717) is 0 Å². The fraction of sp³-hybridized carbons (Fsp3) is 0.500. The molecular formula is C14H19BrN2O. The molecule has 0 spiro atoms. The molecular weight excluding hydrogens is 292 g/mol. The van der Waals surface area contributed by atoms with Crippen molar-refractivity contribution in [3.8, 4) is 0 Å². The highest BCUT2D eigenvalue weighted by molar-refractivity contribution is 9.10. The van der Waals surface area contributed by atoms with Crippen molar-refractivity contribution in [3.05, 3.63) is 33.8 Å². The van der Waals surface area contributed by atoms with Gasteiger partial charge in [0.15, 0.2) is 0 Å². The molecule has 1 unspecified atom stereocenters. The van der Waals surface area contributed by atoms with Gasteiger partial charge in [-0.1, -0.05) is 35.0 Å². The Kier molecular flexibility index (Phi) is 4.40. The molecule has 0 aromatic heterocycles. The summed E-state index contributed by atoms with van der Waals surface area (Å²) < 4.78 is 1.11. The van der Waals surface area contributed by atoms with Gasteiger partial charge in [0.2, 0.25) is 5.91 Å². The summed E-state index contributed by atoms with van der Waals surface area (Å²) in [5.74, 6) is 0.282. The standard InChI is InChI=1S/C14H19BrN2O/c1-10(8-16-2)14(18)17-7-6-11-4-3-5-13(15)12(11)9-17/h3-5,10,16H,6-9H2,1-2H3. The Morgan fingerprint density at radius 2 is 2.33 bits per heavy atom. The lowest BCUT2D eigenvalue weighted by molar-refractivity contribution is -0.135. The predicted octanol–water partition coefficient (Wildman–Crippen LogP) is 2.19. The molecule has 0 bridgehead atoms. The summed E-state index contributed by atoms with van der Waals surface area (Å²) in [5.41, 5.74) is 2.61. The predicted molar refractivity (Wildman–Crippen MR) is 76.4 cm³/mol. The molecule has 1 heterocycles. The number of hydrogen-bond acceptors (Lipinski definition) is 2. The van der Waals surface area contributed by atoms with Crippen LogP contribution in [0.5, 0.6) is 0 Å². The van der Waals surface area contributed by atoms with Crippen LogP contribution in [0.4, 0.5) is 0 Å². The van der Waals surface area contributed by atoms with Crippen LogP contribution in [0.1, 0.15) is 18.1 Å². The molecule has 0 saturated heterocycles. The summed E-state index contributed by atoms with van der Waals surface area (Å²) in [6.07, 6.45) is 0.951. The topological polar surface area (TPSA) is 32.3 Å². The van der Waals surface area contributed by atoms with Gasteiger partial charge < -0.3 is 10.2 Å². The Bertz CT molecular complexity index is 447. The third-order valence-electron chi connectivity index (χ3n) is 3.46. The Hall–Kier alpha value is -0.870. The van der Waals surface area contributed by atoms with Crippen LogP contribution in [0.15, 0.2) is 22.7 Å². The van der Waals surface area contributed by atoms with Gasteiger partial charge in [-0.15, -0.1) is 0 Å². The average molecular weight is 311 g/mol. The maximum absolute atomic E-state index is 12.3. The molecule has 0 radical (unpaired) electrons. The van der Waals surface area contributed by atoms with Crippen LogP contribution in [0.3, 0.4) is 0 Å². The van der Waals surface area contributed by atoms with Gasteiger partial charge in [0.25, 0.3) is 0 Å². The quantitative estimate of drug-likeness (QED) is 0.928. The summed E-state index contributed by atoms with van der Waals surface area (Å²) in [7, 11) is 1.88. The Morgan fingerprint density at radius 3 is 3.06 bits per heavy atom. The second-order valence-corrected chi connectivity index (χ2v) is 5.70. The van der Waals surface area contributed by atoms with Crippen LogP contribution in [0.25, 0.3) is 0 Å². The largest absolute Gasteiger partial charge is 0.338 e. The number of amides is 1. The summed E-state index contributed by atoms with van der Waals surface area (Å²) >= 11 is 3.58. The molecule has 1 N–H and O–H groups in total. The Labute approximate surface area is 117 Å². The Balaban J connectivity index is 2.12. The molecule has 0 saturated carbocycles. The average Bonchev–Trinajstić information content (AvgIpc) is 2.38. The van der Waals surface area contributed by atoms with Crippen molar-refractivity contribution in [2.45, 2.75) is 19.9 Å². The molecule has 1 amide bonds. The molecule has 98 valence electrons. The number of nitrogens with one attached hydrogen (secondary N) is 1. The second-order valence-electron chi connectivity index (χ2n) is 4.85. The number of carbonyl (C=O) groups excluding carboxylic acids is 1. The van der Waals surface area contributed by atoms with Crippen molar-refractivity contribution < 1.29 is 4.79 Å². The van der Waals surface area contributed by atoms with Gasteiger partial charge in [-0.25, -0.2) is 0 Å². The van der Waals surface area contributed by atoms with Crippen molar-refractivity contribution in [2.75, 3.05) is 20.1 Å². The van der Waals surface area contributed by atoms with Crippen LogP contribution < -0.4 is 5.32 Å². The lowest BCUT2D eigenvalue weighted by Gasteiger charge is -2.31. The first kappa shape index (κ1) is 13.6. The number of rotatable bonds is 3. The van der Waals surface area contributed by atoms with E-state index in [1.165, 1.54) is 11.1 Å². The highest BCUT2D eigenvalue weighted by atomic mass is 79.9. The van der Waals surface area contributed by atoms with Crippen molar-refractivity contribution >= 4 is 21.8 Å². The van der Waals surface area contributed by atoms with Gasteiger partial charge in [-0.2, -0.15) is 0 Å². The van der Waals surface area contributed by atoms with Crippen molar-refractivity contribution in [2.24, 2.45) is 5.92 Å². The first-order valence-electron chi connectivity index (χ1n) is 6.33. The van der Waals surface area contributed by atoms with Crippen LogP contribution in [-0.2, 0) is 17.8 Å². The van der Waals surface area contributed by atoms with E-state index in [4.69, 9.17) is 0 Å². The highest BCUT2D eigenvalue weighted by Crippen LogP contribution is 2.27. The van der Waals surface area contributed by atoms with E-state index >= 15 is 0 Å². The number of benzene rings is 1. The number of carbonyl (C=O) groups is 1. The molecule has 1 atom stereocenters. The molecule has 1 aromatic carbocycles. The third-order valence-corrected chi connectivity index (χ3v) is 4.20. The first-order valence-corrected chi connectivity index (χ1v) is 7.12. The van der Waals surface area contributed by atoms with E-state index in [9.17, 15) is 4.79 Å². The van der Waals surface area contributed by atoms with Gasteiger partial charge in [0.1, 0.15) is 0 Å². The first-order chi connectivity index (χ1) is 8.63. The minimum absolute atomic E-state index is 0.0408. The van der Waals surface area contributed by atoms with Crippen LogP contribution >= 0.6 is 15.9 Å². The zero-order valence-corrected chi connectivity index (χ0v) is 12.5. The van der Waals surface area contributed by atoms with Gasteiger partial charge >= 0.3 is 0 Å². The smallest absolute Gasteiger partial charge is 0.226 e. The number of fused-ring (bicyclic) bond motifs is 1. The van der Waals surface area contributed by atoms with E-state index in [1.54, 1.807) is 0 Å². The number of halogens is 1. The van der Waals surface area contributed by atoms with Gasteiger partial charge in [-0.3, -0.25) is 4.79 Å². The van der Waals surface area contributed by atoms with E-state index in [2.05, 4.69) is 33.4 Å². The monoisotopic (exact) mass is 310 g/mol. The summed E-state index contributed by atoms with van der Waals surface area (Å²) in [6.45, 7) is 4.27. The molecule has 2 rings (SSSR count). The molecule has 1 aliphatic heterocycles. The van der Waals surface area contributed by atoms with E-state index in [-0.39, 0.29) is 11.8 Å².